The summed E-state index contributed by atoms with van der Waals surface area (Å²) in [5.41, 5.74) is 0. The number of hydrogen-bond acceptors (Lipinski definition) is 4. The van der Waals surface area contributed by atoms with E-state index in [-0.39, 0.29) is 0 Å². The van der Waals surface area contributed by atoms with Crippen LogP contribution >= 0.6 is 11.8 Å². The molecule has 0 amide bonds. The molecule has 2 aliphatic rings. The van der Waals surface area contributed by atoms with Gasteiger partial charge in [0, 0.05) is 26.0 Å². The zero-order chi connectivity index (χ0) is 21.1. The third-order valence-electron chi connectivity index (χ3n) is 6.53. The highest BCUT2D eigenvalue weighted by Gasteiger charge is 2.24. The lowest BCUT2D eigenvalue weighted by atomic mass is 9.97. The van der Waals surface area contributed by atoms with Crippen LogP contribution < -0.4 is 0 Å². The van der Waals surface area contributed by atoms with Crippen molar-refractivity contribution < 1.29 is 9.47 Å². The Balaban J connectivity index is 1.29. The van der Waals surface area contributed by atoms with Crippen LogP contribution in [0.25, 0.3) is 0 Å². The predicted octanol–water partition coefficient (Wildman–Crippen LogP) is 7.76. The molecule has 4 heteroatoms. The van der Waals surface area contributed by atoms with Gasteiger partial charge in [-0.3, -0.25) is 0 Å². The monoisotopic (exact) mass is 439 g/mol. The molecule has 1 fully saturated rings. The first-order valence-corrected chi connectivity index (χ1v) is 14.1. The summed E-state index contributed by atoms with van der Waals surface area (Å²) in [4.78, 5) is 2.38. The maximum atomic E-state index is 5.97. The molecule has 0 aromatic rings. The fourth-order valence-corrected chi connectivity index (χ4v) is 5.31. The van der Waals surface area contributed by atoms with Gasteiger partial charge in [-0.2, -0.15) is 0 Å². The van der Waals surface area contributed by atoms with Crippen LogP contribution in [0.15, 0.2) is 11.6 Å². The fraction of sp³-hybridized carbons (Fsp3) is 0.923. The Morgan fingerprint density at radius 3 is 2.27 bits per heavy atom. The molecule has 2 unspecified atom stereocenters. The van der Waals surface area contributed by atoms with Crippen molar-refractivity contribution in [3.63, 3.8) is 0 Å². The molecule has 0 spiro atoms. The van der Waals surface area contributed by atoms with Crippen molar-refractivity contribution in [3.05, 3.63) is 11.6 Å². The predicted molar refractivity (Wildman–Crippen MR) is 132 cm³/mol. The van der Waals surface area contributed by atoms with E-state index in [1.807, 2.05) is 11.8 Å². The zero-order valence-corrected chi connectivity index (χ0v) is 20.6. The Bertz CT molecular complexity index is 418. The van der Waals surface area contributed by atoms with Gasteiger partial charge in [0.05, 0.1) is 18.6 Å². The summed E-state index contributed by atoms with van der Waals surface area (Å²) in [5, 5.41) is 2.18. The van der Waals surface area contributed by atoms with E-state index < -0.39 is 0 Å². The number of rotatable bonds is 20. The Morgan fingerprint density at radius 1 is 0.900 bits per heavy atom. The van der Waals surface area contributed by atoms with Crippen molar-refractivity contribution in [3.8, 4) is 0 Å². The van der Waals surface area contributed by atoms with Crippen molar-refractivity contribution in [2.75, 3.05) is 32.2 Å². The summed E-state index contributed by atoms with van der Waals surface area (Å²) < 4.78 is 11.8. The van der Waals surface area contributed by atoms with Gasteiger partial charge >= 0.3 is 0 Å². The number of nitrogens with zero attached hydrogens (tertiary/aromatic N) is 1. The van der Waals surface area contributed by atoms with Crippen LogP contribution in [-0.2, 0) is 9.47 Å². The molecule has 0 aliphatic carbocycles. The summed E-state index contributed by atoms with van der Waals surface area (Å²) in [6.45, 7) is 6.10. The van der Waals surface area contributed by atoms with E-state index in [0.717, 1.165) is 44.6 Å². The molecule has 3 nitrogen and oxygen atoms in total. The van der Waals surface area contributed by atoms with Crippen molar-refractivity contribution >= 4 is 11.8 Å². The Hall–Kier alpha value is -0.190. The van der Waals surface area contributed by atoms with Crippen LogP contribution in [0.4, 0.5) is 0 Å². The summed E-state index contributed by atoms with van der Waals surface area (Å²) in [7, 11) is 0. The summed E-state index contributed by atoms with van der Waals surface area (Å²) in [5.74, 6) is 1.90. The molecule has 0 radical (unpaired) electrons. The van der Waals surface area contributed by atoms with Gasteiger partial charge in [-0.15, -0.1) is 11.8 Å². The lowest BCUT2D eigenvalue weighted by molar-refractivity contribution is 0.0152. The van der Waals surface area contributed by atoms with Gasteiger partial charge in [0.15, 0.2) is 0 Å². The quantitative estimate of drug-likeness (QED) is 0.181. The Kier molecular flexibility index (Phi) is 16.0. The molecule has 0 aromatic carbocycles. The Labute approximate surface area is 191 Å². The molecule has 2 heterocycles. The van der Waals surface area contributed by atoms with Gasteiger partial charge in [-0.1, -0.05) is 84.0 Å². The number of hydrogen-bond donors (Lipinski definition) is 0. The summed E-state index contributed by atoms with van der Waals surface area (Å²) in [6.07, 6.45) is 24.7. The van der Waals surface area contributed by atoms with E-state index in [4.69, 9.17) is 9.47 Å². The lowest BCUT2D eigenvalue weighted by Crippen LogP contribution is -2.17. The van der Waals surface area contributed by atoms with Crippen LogP contribution in [-0.4, -0.2) is 43.2 Å². The van der Waals surface area contributed by atoms with Gasteiger partial charge in [0.25, 0.3) is 0 Å². The van der Waals surface area contributed by atoms with Crippen LogP contribution in [0.1, 0.15) is 110 Å². The van der Waals surface area contributed by atoms with Crippen LogP contribution in [0.5, 0.6) is 0 Å². The molecule has 1 saturated heterocycles. The highest BCUT2D eigenvalue weighted by molar-refractivity contribution is 8.02. The maximum Gasteiger partial charge on any atom is 0.0812 e. The molecule has 2 atom stereocenters. The first kappa shape index (κ1) is 26.1. The minimum Gasteiger partial charge on any atom is -0.379 e. The number of ether oxygens (including phenoxy) is 2. The first-order valence-electron chi connectivity index (χ1n) is 13.1. The van der Waals surface area contributed by atoms with Crippen LogP contribution in [0, 0.1) is 5.92 Å². The third kappa shape index (κ3) is 13.3. The normalized spacial score (nSPS) is 21.2. The van der Waals surface area contributed by atoms with Gasteiger partial charge < -0.3 is 14.4 Å². The van der Waals surface area contributed by atoms with Gasteiger partial charge in [0.2, 0.25) is 0 Å². The van der Waals surface area contributed by atoms with E-state index >= 15 is 0 Å². The largest absolute Gasteiger partial charge is 0.379 e. The first-order chi connectivity index (χ1) is 14.9. The highest BCUT2D eigenvalue weighted by Crippen LogP contribution is 2.25. The van der Waals surface area contributed by atoms with E-state index in [1.54, 1.807) is 0 Å². The molecule has 0 N–H and O–H groups in total. The molecular weight excluding hydrogens is 390 g/mol. The van der Waals surface area contributed by atoms with E-state index in [0.29, 0.717) is 6.10 Å². The molecule has 0 bridgehead atoms. The molecule has 0 aromatic heterocycles. The zero-order valence-electron chi connectivity index (χ0n) is 19.8. The van der Waals surface area contributed by atoms with Crippen LogP contribution in [0.3, 0.4) is 0 Å². The highest BCUT2D eigenvalue weighted by atomic mass is 32.2. The number of thioether (sulfide) groups is 1. The number of unbranched alkanes of at least 4 members (excludes halogenated alkanes) is 12. The summed E-state index contributed by atoms with van der Waals surface area (Å²) in [6, 6.07) is 0. The molecule has 0 saturated carbocycles. The van der Waals surface area contributed by atoms with Gasteiger partial charge in [-0.25, -0.2) is 0 Å². The lowest BCUT2D eigenvalue weighted by Gasteiger charge is -2.14. The van der Waals surface area contributed by atoms with Crippen molar-refractivity contribution in [1.82, 2.24) is 4.90 Å². The minimum absolute atomic E-state index is 0.352. The van der Waals surface area contributed by atoms with E-state index in [2.05, 4.69) is 23.4 Å². The second-order valence-electron chi connectivity index (χ2n) is 9.41. The summed E-state index contributed by atoms with van der Waals surface area (Å²) >= 11 is 1.88. The van der Waals surface area contributed by atoms with Crippen LogP contribution in [0.2, 0.25) is 0 Å². The smallest absolute Gasteiger partial charge is 0.0812 e. The average molecular weight is 440 g/mol. The van der Waals surface area contributed by atoms with E-state index in [1.165, 1.54) is 96.3 Å². The topological polar surface area (TPSA) is 21.7 Å². The second-order valence-corrected chi connectivity index (χ2v) is 10.3. The Morgan fingerprint density at radius 2 is 1.60 bits per heavy atom. The molecule has 2 rings (SSSR count). The van der Waals surface area contributed by atoms with Gasteiger partial charge in [0.1, 0.15) is 0 Å². The molecule has 30 heavy (non-hydrogen) atoms. The van der Waals surface area contributed by atoms with Crippen molar-refractivity contribution in [2.45, 2.75) is 116 Å². The standard InChI is InChI=1S/C26H49NO2S/c1-2-3-4-5-6-7-8-9-10-11-12-13-16-25-21-26(29-22-25)23-28-19-15-14-17-27-18-20-30-24-27/h18,20,25-26H,2-17,19,21-24H2,1H3. The van der Waals surface area contributed by atoms with Crippen molar-refractivity contribution in [1.29, 1.82) is 0 Å². The fourth-order valence-electron chi connectivity index (χ4n) is 4.56. The maximum absolute atomic E-state index is 5.97. The third-order valence-corrected chi connectivity index (χ3v) is 7.32. The van der Waals surface area contributed by atoms with E-state index in [9.17, 15) is 0 Å². The SMILES string of the molecule is CCCCCCCCCCCCCCC1COC(COCCCCN2C=CSC2)C1. The average Bonchev–Trinajstić information content (AvgIpc) is 3.43. The van der Waals surface area contributed by atoms with Gasteiger partial charge in [-0.05, 0) is 37.0 Å². The molecule has 2 aliphatic heterocycles. The molecule has 176 valence electrons. The van der Waals surface area contributed by atoms with Crippen molar-refractivity contribution in [2.24, 2.45) is 5.92 Å². The second kappa shape index (κ2) is 18.4. The molecular formula is C26H49NO2S. The minimum atomic E-state index is 0.352.